The van der Waals surface area contributed by atoms with Crippen LogP contribution in [0, 0.1) is 5.92 Å². The van der Waals surface area contributed by atoms with Gasteiger partial charge in [0.25, 0.3) is 0 Å². The zero-order valence-corrected chi connectivity index (χ0v) is 13.6. The average Bonchev–Trinajstić information content (AvgIpc) is 3.01. The number of ketones is 1. The number of hydrogen-bond donors (Lipinski definition) is 1. The summed E-state index contributed by atoms with van der Waals surface area (Å²) >= 11 is 0. The molecule has 1 saturated heterocycles. The standard InChI is InChI=1S/C18H30N2O/c1-3-5-7-15(4-2)14-18(21)17-8-6-13-20(17)16-9-11-19-12-10-16/h6,8,13,15-16,19H,3-5,7,9-12,14H2,1-2H3. The van der Waals surface area contributed by atoms with Gasteiger partial charge in [0, 0.05) is 18.7 Å². The highest BCUT2D eigenvalue weighted by molar-refractivity contribution is 5.94. The van der Waals surface area contributed by atoms with E-state index in [-0.39, 0.29) is 0 Å². The minimum atomic E-state index is 0.335. The van der Waals surface area contributed by atoms with E-state index < -0.39 is 0 Å². The summed E-state index contributed by atoms with van der Waals surface area (Å²) in [6, 6.07) is 4.54. The lowest BCUT2D eigenvalue weighted by molar-refractivity contribution is 0.0944. The van der Waals surface area contributed by atoms with Gasteiger partial charge in [0.1, 0.15) is 0 Å². The Labute approximate surface area is 129 Å². The molecule has 0 radical (unpaired) electrons. The number of carbonyl (C=O) groups is 1. The van der Waals surface area contributed by atoms with E-state index in [4.69, 9.17) is 0 Å². The molecule has 1 unspecified atom stereocenters. The summed E-state index contributed by atoms with van der Waals surface area (Å²) in [5.41, 5.74) is 0.928. The molecule has 0 saturated carbocycles. The molecule has 1 fully saturated rings. The van der Waals surface area contributed by atoms with Gasteiger partial charge in [-0.1, -0.05) is 39.5 Å². The van der Waals surface area contributed by atoms with Crippen molar-refractivity contribution in [3.63, 3.8) is 0 Å². The van der Waals surface area contributed by atoms with E-state index >= 15 is 0 Å². The predicted molar refractivity (Wildman–Crippen MR) is 87.8 cm³/mol. The van der Waals surface area contributed by atoms with E-state index in [1.807, 2.05) is 12.1 Å². The topological polar surface area (TPSA) is 34.0 Å². The molecule has 0 aliphatic carbocycles. The number of unbranched alkanes of at least 4 members (excludes halogenated alkanes) is 1. The Morgan fingerprint density at radius 1 is 1.38 bits per heavy atom. The van der Waals surface area contributed by atoms with E-state index in [9.17, 15) is 4.79 Å². The van der Waals surface area contributed by atoms with Crippen LogP contribution in [-0.2, 0) is 0 Å². The fourth-order valence-corrected chi connectivity index (χ4v) is 3.34. The minimum Gasteiger partial charge on any atom is -0.342 e. The van der Waals surface area contributed by atoms with Crippen LogP contribution in [0.15, 0.2) is 18.3 Å². The van der Waals surface area contributed by atoms with Gasteiger partial charge in [0.2, 0.25) is 0 Å². The molecule has 2 heterocycles. The highest BCUT2D eigenvalue weighted by Crippen LogP contribution is 2.24. The van der Waals surface area contributed by atoms with Crippen molar-refractivity contribution in [2.24, 2.45) is 5.92 Å². The lowest BCUT2D eigenvalue weighted by Crippen LogP contribution is -2.30. The fraction of sp³-hybridized carbons (Fsp3) is 0.722. The van der Waals surface area contributed by atoms with Crippen molar-refractivity contribution in [3.05, 3.63) is 24.0 Å². The molecule has 0 amide bonds. The second kappa shape index (κ2) is 8.38. The van der Waals surface area contributed by atoms with Crippen molar-refractivity contribution in [2.75, 3.05) is 13.1 Å². The summed E-state index contributed by atoms with van der Waals surface area (Å²) in [4.78, 5) is 12.7. The number of hydrogen-bond acceptors (Lipinski definition) is 2. The summed E-state index contributed by atoms with van der Waals surface area (Å²) in [7, 11) is 0. The molecule has 1 aliphatic rings. The molecule has 3 nitrogen and oxygen atoms in total. The van der Waals surface area contributed by atoms with Crippen molar-refractivity contribution in [1.29, 1.82) is 0 Å². The number of piperidine rings is 1. The van der Waals surface area contributed by atoms with Crippen LogP contribution in [0.25, 0.3) is 0 Å². The maximum absolute atomic E-state index is 12.7. The second-order valence-corrected chi connectivity index (χ2v) is 6.33. The predicted octanol–water partition coefficient (Wildman–Crippen LogP) is 4.20. The molecule has 2 rings (SSSR count). The molecule has 21 heavy (non-hydrogen) atoms. The van der Waals surface area contributed by atoms with Crippen molar-refractivity contribution in [1.82, 2.24) is 9.88 Å². The number of rotatable bonds is 8. The van der Waals surface area contributed by atoms with Crippen LogP contribution in [0.4, 0.5) is 0 Å². The van der Waals surface area contributed by atoms with Crippen molar-refractivity contribution in [3.8, 4) is 0 Å². The van der Waals surface area contributed by atoms with Crippen LogP contribution >= 0.6 is 0 Å². The lowest BCUT2D eigenvalue weighted by Gasteiger charge is -2.26. The van der Waals surface area contributed by atoms with Crippen LogP contribution in [0.5, 0.6) is 0 Å². The summed E-state index contributed by atoms with van der Waals surface area (Å²) in [5.74, 6) is 0.885. The first kappa shape index (κ1) is 16.3. The quantitative estimate of drug-likeness (QED) is 0.728. The zero-order chi connectivity index (χ0) is 15.1. The Bertz CT molecular complexity index is 432. The first-order chi connectivity index (χ1) is 10.3. The molecular weight excluding hydrogens is 260 g/mol. The normalized spacial score (nSPS) is 17.8. The third kappa shape index (κ3) is 4.44. The van der Waals surface area contributed by atoms with Gasteiger partial charge in [-0.05, 0) is 44.0 Å². The fourth-order valence-electron chi connectivity index (χ4n) is 3.34. The molecule has 3 heteroatoms. The van der Waals surface area contributed by atoms with E-state index in [1.165, 1.54) is 19.3 Å². The largest absolute Gasteiger partial charge is 0.342 e. The number of aromatic nitrogens is 1. The number of Topliss-reactive ketones (excluding diaryl/α,β-unsaturated/α-hetero) is 1. The van der Waals surface area contributed by atoms with E-state index in [2.05, 4.69) is 29.9 Å². The smallest absolute Gasteiger partial charge is 0.179 e. The third-order valence-electron chi connectivity index (χ3n) is 4.78. The lowest BCUT2D eigenvalue weighted by atomic mass is 9.93. The van der Waals surface area contributed by atoms with Gasteiger partial charge in [-0.25, -0.2) is 0 Å². The van der Waals surface area contributed by atoms with E-state index in [1.54, 1.807) is 0 Å². The molecule has 1 aliphatic heterocycles. The Morgan fingerprint density at radius 2 is 2.14 bits per heavy atom. The van der Waals surface area contributed by atoms with Crippen LogP contribution in [0.3, 0.4) is 0 Å². The molecule has 0 spiro atoms. The van der Waals surface area contributed by atoms with Gasteiger partial charge in [0.05, 0.1) is 5.69 Å². The Balaban J connectivity index is 2.00. The maximum Gasteiger partial charge on any atom is 0.179 e. The third-order valence-corrected chi connectivity index (χ3v) is 4.78. The van der Waals surface area contributed by atoms with Crippen molar-refractivity contribution >= 4 is 5.78 Å². The van der Waals surface area contributed by atoms with Gasteiger partial charge < -0.3 is 9.88 Å². The first-order valence-corrected chi connectivity index (χ1v) is 8.67. The SMILES string of the molecule is CCCCC(CC)CC(=O)c1cccn1C1CCNCC1. The van der Waals surface area contributed by atoms with Crippen molar-refractivity contribution in [2.45, 2.75) is 64.8 Å². The van der Waals surface area contributed by atoms with E-state index in [0.717, 1.165) is 38.0 Å². The van der Waals surface area contributed by atoms with Crippen LogP contribution < -0.4 is 5.32 Å². The van der Waals surface area contributed by atoms with Gasteiger partial charge in [0.15, 0.2) is 5.78 Å². The molecule has 118 valence electrons. The van der Waals surface area contributed by atoms with Gasteiger partial charge in [-0.3, -0.25) is 4.79 Å². The Kier molecular flexibility index (Phi) is 6.50. The highest BCUT2D eigenvalue weighted by Gasteiger charge is 2.21. The highest BCUT2D eigenvalue weighted by atomic mass is 16.1. The summed E-state index contributed by atoms with van der Waals surface area (Å²) < 4.78 is 2.23. The van der Waals surface area contributed by atoms with Gasteiger partial charge >= 0.3 is 0 Å². The van der Waals surface area contributed by atoms with Gasteiger partial charge in [-0.15, -0.1) is 0 Å². The Morgan fingerprint density at radius 3 is 2.81 bits per heavy atom. The number of carbonyl (C=O) groups excluding carboxylic acids is 1. The molecular formula is C18H30N2O. The van der Waals surface area contributed by atoms with E-state index in [0.29, 0.717) is 24.2 Å². The minimum absolute atomic E-state index is 0.335. The molecule has 1 aromatic heterocycles. The summed E-state index contributed by atoms with van der Waals surface area (Å²) in [6.07, 6.45) is 9.82. The number of nitrogens with one attached hydrogen (secondary N) is 1. The summed E-state index contributed by atoms with van der Waals surface area (Å²) in [5, 5.41) is 3.39. The van der Waals surface area contributed by atoms with Gasteiger partial charge in [-0.2, -0.15) is 0 Å². The average molecular weight is 290 g/mol. The molecule has 0 aromatic carbocycles. The summed E-state index contributed by atoms with van der Waals surface area (Å²) in [6.45, 7) is 6.55. The van der Waals surface area contributed by atoms with Crippen molar-refractivity contribution < 1.29 is 4.79 Å². The van der Waals surface area contributed by atoms with Crippen LogP contribution in [0.1, 0.15) is 75.3 Å². The second-order valence-electron chi connectivity index (χ2n) is 6.33. The molecule has 1 atom stereocenters. The number of nitrogens with zero attached hydrogens (tertiary/aromatic N) is 1. The first-order valence-electron chi connectivity index (χ1n) is 8.67. The zero-order valence-electron chi connectivity index (χ0n) is 13.6. The monoisotopic (exact) mass is 290 g/mol. The molecule has 1 N–H and O–H groups in total. The molecule has 1 aromatic rings. The van der Waals surface area contributed by atoms with Crippen LogP contribution in [0.2, 0.25) is 0 Å². The maximum atomic E-state index is 12.7. The molecule has 0 bridgehead atoms. The van der Waals surface area contributed by atoms with Crippen LogP contribution in [-0.4, -0.2) is 23.4 Å². The Hall–Kier alpha value is -1.09.